The first-order valence-electron chi connectivity index (χ1n) is 29.4. The van der Waals surface area contributed by atoms with Crippen molar-refractivity contribution in [1.82, 2.24) is 0 Å². The molecule has 0 aromatic carbocycles. The topological polar surface area (TPSA) is 213 Å². The van der Waals surface area contributed by atoms with Crippen molar-refractivity contribution in [2.75, 3.05) is 6.54 Å². The summed E-state index contributed by atoms with van der Waals surface area (Å²) in [6, 6.07) is 0. The van der Waals surface area contributed by atoms with Crippen LogP contribution in [-0.4, -0.2) is 180 Å². The lowest BCUT2D eigenvalue weighted by Crippen LogP contribution is -2.63. The van der Waals surface area contributed by atoms with Crippen molar-refractivity contribution in [3.63, 3.8) is 0 Å². The second-order valence-electron chi connectivity index (χ2n) is 26.0. The summed E-state index contributed by atoms with van der Waals surface area (Å²) in [7, 11) is 0. The van der Waals surface area contributed by atoms with E-state index in [2.05, 4.69) is 33.9 Å². The van der Waals surface area contributed by atoms with Gasteiger partial charge in [0.2, 0.25) is 0 Å². The van der Waals surface area contributed by atoms with Crippen LogP contribution in [0, 0.1) is 17.8 Å². The van der Waals surface area contributed by atoms with Crippen LogP contribution in [0.1, 0.15) is 143 Å². The summed E-state index contributed by atoms with van der Waals surface area (Å²) in [5, 5.41) is 22.1. The van der Waals surface area contributed by atoms with Crippen molar-refractivity contribution in [1.29, 1.82) is 0 Å². The molecule has 14 heterocycles. The molecule has 0 radical (unpaired) electrons. The summed E-state index contributed by atoms with van der Waals surface area (Å²) >= 11 is 0. The lowest BCUT2D eigenvalue weighted by atomic mass is 9.78. The number of rotatable bonds is 1. The van der Waals surface area contributed by atoms with Crippen molar-refractivity contribution in [3.8, 4) is 0 Å². The van der Waals surface area contributed by atoms with Crippen LogP contribution < -0.4 is 5.73 Å². The molecule has 14 aliphatic heterocycles. The van der Waals surface area contributed by atoms with Crippen molar-refractivity contribution in [2.24, 2.45) is 23.5 Å². The zero-order chi connectivity index (χ0) is 51.3. The van der Waals surface area contributed by atoms with Crippen LogP contribution >= 0.6 is 0 Å². The Morgan fingerprint density at radius 1 is 0.493 bits per heavy atom. The van der Waals surface area contributed by atoms with Crippen molar-refractivity contribution >= 4 is 5.97 Å². The number of aliphatic hydroxyl groups is 2. The Morgan fingerprint density at radius 3 is 2.01 bits per heavy atom. The standard InChI is InChI=1S/C57H83NO17/c1-26-6-7-31-8-10-36-27(2)14-33(63-36)12-13-55-22-35(60)53(75-55)42-19-44(71-55)54-37(65-42)11-9-32(64-54)15-48(61)69-52-30(5)51-41(66-40(52)17-38(26)62-31)18-39-45(67-51)23-57(70-39)24-46-50(74-57)29(4)21-56(73-46)20-28(3)49-43(72-56)16-34(59)47(25-58)68-49/h28-47,49-54,59-60H,1-2,6-25,58H2,3-5H3/t28-,29-,30-,31+,32+,33-,34+,35+,36-,37-,38+,39+,40-,41-,42+,43-,44?,45+,46-,47+,49-,50-,51-,52+,53?,54?,55+,56+,57-/m0/s1. The van der Waals surface area contributed by atoms with E-state index in [9.17, 15) is 15.0 Å². The van der Waals surface area contributed by atoms with Crippen LogP contribution in [0.4, 0.5) is 0 Å². The Morgan fingerprint density at radius 2 is 1.16 bits per heavy atom. The Hall–Kier alpha value is -1.69. The normalized spacial score (nSPS) is 57.5. The summed E-state index contributed by atoms with van der Waals surface area (Å²) in [4.78, 5) is 14.4. The fourth-order valence-corrected chi connectivity index (χ4v) is 17.1. The molecule has 14 rings (SSSR count). The summed E-state index contributed by atoms with van der Waals surface area (Å²) in [6.07, 6.45) is 4.10. The summed E-state index contributed by atoms with van der Waals surface area (Å²) in [5.41, 5.74) is 8.07. The largest absolute Gasteiger partial charge is 0.459 e. The molecule has 10 bridgehead atoms. The fourth-order valence-electron chi connectivity index (χ4n) is 17.1. The molecule has 14 saturated heterocycles. The highest BCUT2D eigenvalue weighted by Gasteiger charge is 2.66. The zero-order valence-electron chi connectivity index (χ0n) is 44.2. The Kier molecular flexibility index (Phi) is 13.4. The molecular weight excluding hydrogens is 971 g/mol. The minimum absolute atomic E-state index is 0.00394. The monoisotopic (exact) mass is 1050 g/mol. The second kappa shape index (κ2) is 19.5. The molecule has 0 aliphatic carbocycles. The molecule has 418 valence electrons. The van der Waals surface area contributed by atoms with Gasteiger partial charge in [-0.1, -0.05) is 33.9 Å². The first-order valence-corrected chi connectivity index (χ1v) is 29.4. The van der Waals surface area contributed by atoms with Gasteiger partial charge < -0.3 is 82.3 Å². The predicted octanol–water partition coefficient (Wildman–Crippen LogP) is 4.88. The van der Waals surface area contributed by atoms with Gasteiger partial charge in [-0.25, -0.2) is 0 Å². The molecule has 18 heteroatoms. The van der Waals surface area contributed by atoms with Crippen LogP contribution in [0.5, 0.6) is 0 Å². The number of fused-ring (bicyclic) bond motifs is 13. The average molecular weight is 1050 g/mol. The first kappa shape index (κ1) is 51.5. The van der Waals surface area contributed by atoms with Crippen LogP contribution in [0.15, 0.2) is 24.3 Å². The van der Waals surface area contributed by atoms with E-state index in [0.29, 0.717) is 83.5 Å². The van der Waals surface area contributed by atoms with Crippen LogP contribution in [0.25, 0.3) is 0 Å². The molecule has 0 aromatic rings. The van der Waals surface area contributed by atoms with E-state index in [1.165, 1.54) is 0 Å². The highest BCUT2D eigenvalue weighted by atomic mass is 16.8. The molecule has 29 atom stereocenters. The lowest BCUT2D eigenvalue weighted by molar-refractivity contribution is -0.370. The van der Waals surface area contributed by atoms with Gasteiger partial charge in [0.1, 0.15) is 18.3 Å². The third-order valence-corrected chi connectivity index (χ3v) is 20.7. The highest BCUT2D eigenvalue weighted by molar-refractivity contribution is 5.70. The average Bonchev–Trinajstić information content (AvgIpc) is 4.12. The quantitative estimate of drug-likeness (QED) is 0.236. The van der Waals surface area contributed by atoms with E-state index in [1.54, 1.807) is 0 Å². The number of hydrogen-bond donors (Lipinski definition) is 3. The molecule has 14 fully saturated rings. The third kappa shape index (κ3) is 9.28. The van der Waals surface area contributed by atoms with Crippen LogP contribution in [0.3, 0.4) is 0 Å². The number of carbonyl (C=O) groups excluding carboxylic acids is 1. The van der Waals surface area contributed by atoms with Crippen LogP contribution in [-0.2, 0) is 71.1 Å². The van der Waals surface area contributed by atoms with Gasteiger partial charge in [-0.15, -0.1) is 0 Å². The Balaban J connectivity index is 0.689. The molecule has 75 heavy (non-hydrogen) atoms. The van der Waals surface area contributed by atoms with Gasteiger partial charge in [-0.3, -0.25) is 4.79 Å². The Labute approximate surface area is 440 Å². The minimum Gasteiger partial charge on any atom is -0.459 e. The summed E-state index contributed by atoms with van der Waals surface area (Å²) in [5.74, 6) is -2.98. The molecule has 4 N–H and O–H groups in total. The first-order chi connectivity index (χ1) is 36.1. The molecule has 3 spiro atoms. The maximum atomic E-state index is 14.4. The fraction of sp³-hybridized carbons (Fsp3) is 0.912. The minimum atomic E-state index is -0.986. The van der Waals surface area contributed by atoms with Crippen LogP contribution in [0.2, 0.25) is 0 Å². The zero-order valence-corrected chi connectivity index (χ0v) is 44.2. The SMILES string of the molecule is C=C1C[C@@H]2CC[C@]34C[C@@H](O)C(O3)[C@H]3CC(O4)C4O[C@H](CC[C@@H]4O3)CC(=O)O[C@@H]3[C@@H](C)[C@@H]4O[C@@H]5C[C@]6(C[C@@H]7O[C@]8(C[C@H](C)[C@@H]9O[C@H](CN)[C@H](O)C[C@@H]9O8)C[C@H](C)[C@@H]7O6)O[C@@H]5C[C@@H]4O[C@H]3C[C@H]3O[C@H](CCC3=C)CC[C@@H]1O2. The predicted molar refractivity (Wildman–Crippen MR) is 263 cm³/mol. The molecule has 18 nitrogen and oxygen atoms in total. The number of hydrogen-bond acceptors (Lipinski definition) is 18. The number of aliphatic hydroxyl groups excluding tert-OH is 2. The van der Waals surface area contributed by atoms with Gasteiger partial charge >= 0.3 is 5.97 Å². The van der Waals surface area contributed by atoms with Gasteiger partial charge in [0.15, 0.2) is 17.4 Å². The van der Waals surface area contributed by atoms with E-state index in [-0.39, 0.29) is 128 Å². The van der Waals surface area contributed by atoms with Crippen molar-refractivity contribution in [2.45, 2.75) is 301 Å². The summed E-state index contributed by atoms with van der Waals surface area (Å²) in [6.45, 7) is 15.8. The van der Waals surface area contributed by atoms with Gasteiger partial charge in [0.25, 0.3) is 0 Å². The van der Waals surface area contributed by atoms with Gasteiger partial charge in [-0.05, 0) is 74.3 Å². The van der Waals surface area contributed by atoms with E-state index >= 15 is 0 Å². The second-order valence-corrected chi connectivity index (χ2v) is 26.0. The third-order valence-electron chi connectivity index (χ3n) is 20.7. The van der Waals surface area contributed by atoms with Crippen molar-refractivity contribution in [3.05, 3.63) is 24.3 Å². The highest BCUT2D eigenvalue weighted by Crippen LogP contribution is 2.56. The van der Waals surface area contributed by atoms with E-state index < -0.39 is 66.2 Å². The number of esters is 1. The maximum Gasteiger partial charge on any atom is 0.308 e. The van der Waals surface area contributed by atoms with E-state index in [4.69, 9.17) is 72.0 Å². The number of carbonyl (C=O) groups is 1. The van der Waals surface area contributed by atoms with Gasteiger partial charge in [-0.2, -0.15) is 0 Å². The molecule has 0 aromatic heterocycles. The maximum absolute atomic E-state index is 14.4. The summed E-state index contributed by atoms with van der Waals surface area (Å²) < 4.78 is 95.9. The molecule has 3 unspecified atom stereocenters. The number of nitrogens with two attached hydrogens (primary N) is 1. The van der Waals surface area contributed by atoms with E-state index in [1.807, 2.05) is 0 Å². The molecular formula is C57H83NO17. The van der Waals surface area contributed by atoms with Crippen molar-refractivity contribution < 1.29 is 81.3 Å². The van der Waals surface area contributed by atoms with Gasteiger partial charge in [0.05, 0.1) is 129 Å². The van der Waals surface area contributed by atoms with E-state index in [0.717, 1.165) is 43.3 Å². The number of ether oxygens (including phenoxy) is 14. The molecule has 14 aliphatic rings. The van der Waals surface area contributed by atoms with Gasteiger partial charge in [0, 0.05) is 76.7 Å². The molecule has 0 saturated carbocycles. The molecule has 0 amide bonds. The Bertz CT molecular complexity index is 2190. The smallest absolute Gasteiger partial charge is 0.308 e. The lowest BCUT2D eigenvalue weighted by Gasteiger charge is -2.54.